The smallest absolute Gasteiger partial charge is 0.258 e. The van der Waals surface area contributed by atoms with Gasteiger partial charge in [-0.15, -0.1) is 11.3 Å². The Morgan fingerprint density at radius 2 is 1.41 bits per heavy atom. The number of anilines is 1. The monoisotopic (exact) mass is 398 g/mol. The predicted molar refractivity (Wildman–Crippen MR) is 116 cm³/mol. The molecule has 0 unspecified atom stereocenters. The second kappa shape index (κ2) is 8.63. The van der Waals surface area contributed by atoms with E-state index >= 15 is 0 Å². The summed E-state index contributed by atoms with van der Waals surface area (Å²) in [5, 5.41) is 3.34. The summed E-state index contributed by atoms with van der Waals surface area (Å²) >= 11 is 1.43. The Kier molecular flexibility index (Phi) is 5.59. The van der Waals surface area contributed by atoms with Crippen LogP contribution in [0.3, 0.4) is 0 Å². The first kappa shape index (κ1) is 18.8. The Labute approximate surface area is 172 Å². The van der Waals surface area contributed by atoms with E-state index in [0.29, 0.717) is 21.8 Å². The topological polar surface area (TPSA) is 59.1 Å². The maximum atomic E-state index is 12.8. The van der Waals surface area contributed by atoms with Crippen molar-refractivity contribution in [3.63, 3.8) is 0 Å². The summed E-state index contributed by atoms with van der Waals surface area (Å²) in [5.74, 6) is -0.522. The zero-order valence-electron chi connectivity index (χ0n) is 15.5. The molecule has 1 amide bonds. The van der Waals surface area contributed by atoms with E-state index in [0.717, 1.165) is 11.3 Å². The van der Waals surface area contributed by atoms with Crippen LogP contribution in [-0.2, 0) is 6.42 Å². The molecule has 5 heteroatoms. The highest BCUT2D eigenvalue weighted by atomic mass is 32.1. The molecular formula is C24H18N2O2S. The summed E-state index contributed by atoms with van der Waals surface area (Å²) in [6, 6.07) is 25.9. The minimum atomic E-state index is -0.342. The molecule has 4 aromatic rings. The number of thiazole rings is 1. The molecular weight excluding hydrogens is 380 g/mol. The third kappa shape index (κ3) is 4.47. The highest BCUT2D eigenvalue weighted by molar-refractivity contribution is 7.15. The van der Waals surface area contributed by atoms with Gasteiger partial charge in [0.05, 0.1) is 5.56 Å². The van der Waals surface area contributed by atoms with Crippen molar-refractivity contribution in [2.45, 2.75) is 6.42 Å². The SMILES string of the molecule is O=C(Nc1ncc(Cc2ccccc2)s1)c1ccccc1C(=O)c1ccccc1. The molecule has 0 bridgehead atoms. The van der Waals surface area contributed by atoms with Crippen LogP contribution in [0.4, 0.5) is 5.13 Å². The fraction of sp³-hybridized carbons (Fsp3) is 0.0417. The largest absolute Gasteiger partial charge is 0.298 e. The third-order valence-electron chi connectivity index (χ3n) is 4.45. The second-order valence-corrected chi connectivity index (χ2v) is 7.60. The Hall–Kier alpha value is -3.57. The van der Waals surface area contributed by atoms with E-state index in [9.17, 15) is 9.59 Å². The molecule has 0 aliphatic rings. The van der Waals surface area contributed by atoms with Gasteiger partial charge in [-0.25, -0.2) is 4.98 Å². The number of benzene rings is 3. The molecule has 0 spiro atoms. The molecule has 4 rings (SSSR count). The Balaban J connectivity index is 1.52. The molecule has 0 saturated heterocycles. The van der Waals surface area contributed by atoms with Crippen LogP contribution in [0, 0.1) is 0 Å². The van der Waals surface area contributed by atoms with E-state index in [1.165, 1.54) is 16.9 Å². The predicted octanol–water partition coefficient (Wildman–Crippen LogP) is 5.22. The van der Waals surface area contributed by atoms with E-state index in [2.05, 4.69) is 22.4 Å². The molecule has 1 N–H and O–H groups in total. The maximum Gasteiger partial charge on any atom is 0.258 e. The summed E-state index contributed by atoms with van der Waals surface area (Å²) in [7, 11) is 0. The van der Waals surface area contributed by atoms with Crippen LogP contribution in [0.2, 0.25) is 0 Å². The Bertz CT molecular complexity index is 1140. The van der Waals surface area contributed by atoms with Crippen molar-refractivity contribution in [2.75, 3.05) is 5.32 Å². The van der Waals surface area contributed by atoms with Crippen molar-refractivity contribution >= 4 is 28.2 Å². The average molecular weight is 398 g/mol. The normalized spacial score (nSPS) is 10.5. The fourth-order valence-electron chi connectivity index (χ4n) is 3.03. The first-order chi connectivity index (χ1) is 14.2. The van der Waals surface area contributed by atoms with E-state index in [1.807, 2.05) is 24.3 Å². The number of hydrogen-bond donors (Lipinski definition) is 1. The molecule has 0 aliphatic carbocycles. The second-order valence-electron chi connectivity index (χ2n) is 6.49. The average Bonchev–Trinajstić information content (AvgIpc) is 3.21. The minimum absolute atomic E-state index is 0.180. The number of carbonyl (C=O) groups excluding carboxylic acids is 2. The quantitative estimate of drug-likeness (QED) is 0.453. The van der Waals surface area contributed by atoms with Crippen molar-refractivity contribution in [2.24, 2.45) is 0 Å². The molecule has 0 radical (unpaired) electrons. The van der Waals surface area contributed by atoms with Crippen molar-refractivity contribution in [3.05, 3.63) is 118 Å². The number of carbonyl (C=O) groups is 2. The van der Waals surface area contributed by atoms with Crippen molar-refractivity contribution < 1.29 is 9.59 Å². The summed E-state index contributed by atoms with van der Waals surface area (Å²) in [5.41, 5.74) is 2.44. The highest BCUT2D eigenvalue weighted by Crippen LogP contribution is 2.23. The van der Waals surface area contributed by atoms with Crippen LogP contribution in [0.25, 0.3) is 0 Å². The van der Waals surface area contributed by atoms with Gasteiger partial charge in [-0.05, 0) is 11.6 Å². The summed E-state index contributed by atoms with van der Waals surface area (Å²) < 4.78 is 0. The van der Waals surface area contributed by atoms with E-state index in [1.54, 1.807) is 54.7 Å². The van der Waals surface area contributed by atoms with Gasteiger partial charge in [0, 0.05) is 28.6 Å². The fourth-order valence-corrected chi connectivity index (χ4v) is 3.87. The van der Waals surface area contributed by atoms with Crippen LogP contribution >= 0.6 is 11.3 Å². The van der Waals surface area contributed by atoms with E-state index < -0.39 is 0 Å². The molecule has 0 aliphatic heterocycles. The molecule has 0 atom stereocenters. The van der Waals surface area contributed by atoms with Crippen LogP contribution < -0.4 is 5.32 Å². The number of aromatic nitrogens is 1. The van der Waals surface area contributed by atoms with Gasteiger partial charge < -0.3 is 0 Å². The van der Waals surface area contributed by atoms with Gasteiger partial charge in [0.15, 0.2) is 10.9 Å². The highest BCUT2D eigenvalue weighted by Gasteiger charge is 2.18. The molecule has 3 aromatic carbocycles. The maximum absolute atomic E-state index is 12.8. The lowest BCUT2D eigenvalue weighted by Crippen LogP contribution is -2.16. The van der Waals surface area contributed by atoms with Gasteiger partial charge >= 0.3 is 0 Å². The first-order valence-corrected chi connectivity index (χ1v) is 10.0. The van der Waals surface area contributed by atoms with Crippen LogP contribution in [0.1, 0.15) is 36.7 Å². The van der Waals surface area contributed by atoms with Gasteiger partial charge in [-0.1, -0.05) is 78.9 Å². The van der Waals surface area contributed by atoms with E-state index in [-0.39, 0.29) is 11.7 Å². The van der Waals surface area contributed by atoms with Crippen molar-refractivity contribution in [1.29, 1.82) is 0 Å². The van der Waals surface area contributed by atoms with Gasteiger partial charge in [0.2, 0.25) is 0 Å². The number of amides is 1. The third-order valence-corrected chi connectivity index (χ3v) is 5.36. The number of nitrogens with zero attached hydrogens (tertiary/aromatic N) is 1. The summed E-state index contributed by atoms with van der Waals surface area (Å²) in [6.07, 6.45) is 2.53. The summed E-state index contributed by atoms with van der Waals surface area (Å²) in [6.45, 7) is 0. The van der Waals surface area contributed by atoms with Crippen LogP contribution in [0.5, 0.6) is 0 Å². The molecule has 4 nitrogen and oxygen atoms in total. The van der Waals surface area contributed by atoms with Crippen molar-refractivity contribution in [1.82, 2.24) is 4.98 Å². The zero-order valence-corrected chi connectivity index (χ0v) is 16.4. The van der Waals surface area contributed by atoms with Gasteiger partial charge in [-0.2, -0.15) is 0 Å². The summed E-state index contributed by atoms with van der Waals surface area (Å²) in [4.78, 5) is 31.0. The van der Waals surface area contributed by atoms with Crippen LogP contribution in [0.15, 0.2) is 91.1 Å². The number of rotatable bonds is 6. The Morgan fingerprint density at radius 1 is 0.793 bits per heavy atom. The van der Waals surface area contributed by atoms with Crippen LogP contribution in [-0.4, -0.2) is 16.7 Å². The number of nitrogens with one attached hydrogen (secondary N) is 1. The van der Waals surface area contributed by atoms with Gasteiger partial charge in [0.1, 0.15) is 0 Å². The molecule has 1 heterocycles. The zero-order chi connectivity index (χ0) is 20.1. The van der Waals surface area contributed by atoms with Crippen molar-refractivity contribution in [3.8, 4) is 0 Å². The Morgan fingerprint density at radius 3 is 2.14 bits per heavy atom. The molecule has 0 saturated carbocycles. The lowest BCUT2D eigenvalue weighted by atomic mass is 9.98. The molecule has 0 fully saturated rings. The standard InChI is InChI=1S/C24H18N2O2S/c27-22(18-11-5-2-6-12-18)20-13-7-8-14-21(20)23(28)26-24-25-16-19(29-24)15-17-9-3-1-4-10-17/h1-14,16H,15H2,(H,25,26,28). The number of ketones is 1. The van der Waals surface area contributed by atoms with Gasteiger partial charge in [0.25, 0.3) is 5.91 Å². The lowest BCUT2D eigenvalue weighted by Gasteiger charge is -2.08. The molecule has 29 heavy (non-hydrogen) atoms. The van der Waals surface area contributed by atoms with Gasteiger partial charge in [-0.3, -0.25) is 14.9 Å². The number of hydrogen-bond acceptors (Lipinski definition) is 4. The first-order valence-electron chi connectivity index (χ1n) is 9.19. The lowest BCUT2D eigenvalue weighted by molar-refractivity contribution is 0.0996. The molecule has 1 aromatic heterocycles. The minimum Gasteiger partial charge on any atom is -0.298 e. The molecule has 142 valence electrons. The van der Waals surface area contributed by atoms with E-state index in [4.69, 9.17) is 0 Å².